The summed E-state index contributed by atoms with van der Waals surface area (Å²) >= 11 is 0. The Morgan fingerprint density at radius 1 is 1.23 bits per heavy atom. The summed E-state index contributed by atoms with van der Waals surface area (Å²) < 4.78 is 0. The maximum Gasteiger partial charge on any atom is 0.257 e. The standard InChI is InChI=1S/C16H22N4O2/c21-14-6-11-8-20(9-13(11)18-14)16(22)12-7-17-19-15(12)10-4-2-1-3-5-10/h7,10-11,13H,1-6,8-9H2,(H,17,19)(H,18,21)/t11-,13+/m0/s1. The van der Waals surface area contributed by atoms with E-state index in [-0.39, 0.29) is 23.8 Å². The smallest absolute Gasteiger partial charge is 0.257 e. The molecule has 0 radical (unpaired) electrons. The Labute approximate surface area is 129 Å². The van der Waals surface area contributed by atoms with Crippen LogP contribution in [0.25, 0.3) is 0 Å². The summed E-state index contributed by atoms with van der Waals surface area (Å²) in [6.07, 6.45) is 8.28. The van der Waals surface area contributed by atoms with Crippen molar-refractivity contribution >= 4 is 11.8 Å². The van der Waals surface area contributed by atoms with E-state index in [2.05, 4.69) is 15.5 Å². The molecule has 2 amide bonds. The van der Waals surface area contributed by atoms with Crippen LogP contribution in [0.2, 0.25) is 0 Å². The van der Waals surface area contributed by atoms with Gasteiger partial charge in [0.25, 0.3) is 5.91 Å². The molecule has 1 aliphatic carbocycles. The Morgan fingerprint density at radius 2 is 2.05 bits per heavy atom. The molecule has 0 spiro atoms. The summed E-state index contributed by atoms with van der Waals surface area (Å²) in [6.45, 7) is 1.31. The van der Waals surface area contributed by atoms with Gasteiger partial charge in [0.05, 0.1) is 23.5 Å². The highest BCUT2D eigenvalue weighted by molar-refractivity contribution is 5.95. The van der Waals surface area contributed by atoms with Crippen molar-refractivity contribution in [1.29, 1.82) is 0 Å². The maximum atomic E-state index is 12.8. The van der Waals surface area contributed by atoms with E-state index in [1.807, 2.05) is 4.90 Å². The van der Waals surface area contributed by atoms with Gasteiger partial charge in [-0.15, -0.1) is 0 Å². The molecule has 2 aliphatic heterocycles. The molecule has 0 aromatic carbocycles. The van der Waals surface area contributed by atoms with Crippen LogP contribution in [0.4, 0.5) is 0 Å². The van der Waals surface area contributed by atoms with Crippen molar-refractivity contribution in [3.05, 3.63) is 17.5 Å². The van der Waals surface area contributed by atoms with Crippen molar-refractivity contribution < 1.29 is 9.59 Å². The number of carbonyl (C=O) groups is 2. The summed E-state index contributed by atoms with van der Waals surface area (Å²) in [7, 11) is 0. The molecular weight excluding hydrogens is 280 g/mol. The van der Waals surface area contributed by atoms with Gasteiger partial charge in [0.15, 0.2) is 0 Å². The molecule has 1 saturated carbocycles. The van der Waals surface area contributed by atoms with Gasteiger partial charge in [0.2, 0.25) is 5.91 Å². The van der Waals surface area contributed by atoms with E-state index in [1.165, 1.54) is 19.3 Å². The zero-order valence-electron chi connectivity index (χ0n) is 12.7. The summed E-state index contributed by atoms with van der Waals surface area (Å²) in [4.78, 5) is 26.1. The SMILES string of the molecule is O=C1C[C@H]2CN(C(=O)c3cn[nH]c3C3CCCCC3)C[C@H]2N1. The first-order chi connectivity index (χ1) is 10.7. The molecule has 0 unspecified atom stereocenters. The fourth-order valence-electron chi connectivity index (χ4n) is 4.25. The molecule has 2 N–H and O–H groups in total. The zero-order valence-corrected chi connectivity index (χ0v) is 12.7. The van der Waals surface area contributed by atoms with Crippen LogP contribution in [0.3, 0.4) is 0 Å². The van der Waals surface area contributed by atoms with Crippen LogP contribution in [0.5, 0.6) is 0 Å². The van der Waals surface area contributed by atoms with Crippen molar-refractivity contribution in [2.75, 3.05) is 13.1 Å². The van der Waals surface area contributed by atoms with Gasteiger partial charge in [-0.1, -0.05) is 19.3 Å². The minimum absolute atomic E-state index is 0.0676. The van der Waals surface area contributed by atoms with Gasteiger partial charge in [-0.05, 0) is 12.8 Å². The molecule has 118 valence electrons. The third kappa shape index (κ3) is 2.30. The van der Waals surface area contributed by atoms with Gasteiger partial charge in [-0.25, -0.2) is 0 Å². The third-order valence-corrected chi connectivity index (χ3v) is 5.43. The Morgan fingerprint density at radius 3 is 2.82 bits per heavy atom. The number of aromatic amines is 1. The van der Waals surface area contributed by atoms with Gasteiger partial charge < -0.3 is 10.2 Å². The lowest BCUT2D eigenvalue weighted by Crippen LogP contribution is -2.35. The minimum Gasteiger partial charge on any atom is -0.351 e. The number of amides is 2. The Balaban J connectivity index is 1.50. The molecule has 6 nitrogen and oxygen atoms in total. The van der Waals surface area contributed by atoms with Crippen molar-refractivity contribution in [2.45, 2.75) is 50.5 Å². The number of carbonyl (C=O) groups excluding carboxylic acids is 2. The highest BCUT2D eigenvalue weighted by Gasteiger charge is 2.42. The number of rotatable bonds is 2. The molecule has 3 aliphatic rings. The second kappa shape index (κ2) is 5.41. The highest BCUT2D eigenvalue weighted by atomic mass is 16.2. The van der Waals surface area contributed by atoms with E-state index in [0.717, 1.165) is 24.1 Å². The first-order valence-corrected chi connectivity index (χ1v) is 8.34. The number of fused-ring (bicyclic) bond motifs is 1. The van der Waals surface area contributed by atoms with Gasteiger partial charge in [0.1, 0.15) is 0 Å². The average Bonchev–Trinajstić information content (AvgIpc) is 3.21. The van der Waals surface area contributed by atoms with Crippen LogP contribution < -0.4 is 5.32 Å². The van der Waals surface area contributed by atoms with E-state index in [9.17, 15) is 9.59 Å². The fourth-order valence-corrected chi connectivity index (χ4v) is 4.25. The number of nitrogens with one attached hydrogen (secondary N) is 2. The first-order valence-electron chi connectivity index (χ1n) is 8.34. The first kappa shape index (κ1) is 13.8. The van der Waals surface area contributed by atoms with E-state index in [4.69, 9.17) is 0 Å². The maximum absolute atomic E-state index is 12.8. The molecular formula is C16H22N4O2. The second-order valence-electron chi connectivity index (χ2n) is 6.88. The fraction of sp³-hybridized carbons (Fsp3) is 0.688. The number of H-pyrrole nitrogens is 1. The predicted molar refractivity (Wildman–Crippen MR) is 80.4 cm³/mol. The molecule has 2 saturated heterocycles. The van der Waals surface area contributed by atoms with Crippen molar-refractivity contribution in [2.24, 2.45) is 5.92 Å². The summed E-state index contributed by atoms with van der Waals surface area (Å²) in [5, 5.41) is 10.2. The van der Waals surface area contributed by atoms with Crippen molar-refractivity contribution in [3.63, 3.8) is 0 Å². The lowest BCUT2D eigenvalue weighted by molar-refractivity contribution is -0.119. The lowest BCUT2D eigenvalue weighted by atomic mass is 9.85. The normalized spacial score (nSPS) is 28.7. The van der Waals surface area contributed by atoms with Crippen LogP contribution in [0, 0.1) is 5.92 Å². The Hall–Kier alpha value is -1.85. The molecule has 22 heavy (non-hydrogen) atoms. The van der Waals surface area contributed by atoms with Crippen molar-refractivity contribution in [3.8, 4) is 0 Å². The number of hydrogen-bond acceptors (Lipinski definition) is 3. The summed E-state index contributed by atoms with van der Waals surface area (Å²) in [6, 6.07) is 0.140. The van der Waals surface area contributed by atoms with Crippen LogP contribution in [-0.4, -0.2) is 46.0 Å². The summed E-state index contributed by atoms with van der Waals surface area (Å²) in [5.41, 5.74) is 1.75. The van der Waals surface area contributed by atoms with Gasteiger partial charge in [0, 0.05) is 31.3 Å². The van der Waals surface area contributed by atoms with Gasteiger partial charge in [-0.3, -0.25) is 14.7 Å². The van der Waals surface area contributed by atoms with Gasteiger partial charge in [-0.2, -0.15) is 5.10 Å². The molecule has 1 aromatic heterocycles. The number of hydrogen-bond donors (Lipinski definition) is 2. The zero-order chi connectivity index (χ0) is 15.1. The average molecular weight is 302 g/mol. The summed E-state index contributed by atoms with van der Waals surface area (Å²) in [5.74, 6) is 0.907. The largest absolute Gasteiger partial charge is 0.351 e. The van der Waals surface area contributed by atoms with Crippen LogP contribution in [-0.2, 0) is 4.79 Å². The van der Waals surface area contributed by atoms with E-state index in [1.54, 1.807) is 6.20 Å². The van der Waals surface area contributed by atoms with Gasteiger partial charge >= 0.3 is 0 Å². The van der Waals surface area contributed by atoms with Crippen LogP contribution in [0.1, 0.15) is 60.5 Å². The van der Waals surface area contributed by atoms with Crippen LogP contribution >= 0.6 is 0 Å². The topological polar surface area (TPSA) is 78.1 Å². The predicted octanol–water partition coefficient (Wildman–Crippen LogP) is 1.42. The monoisotopic (exact) mass is 302 g/mol. The third-order valence-electron chi connectivity index (χ3n) is 5.43. The molecule has 6 heteroatoms. The van der Waals surface area contributed by atoms with E-state index < -0.39 is 0 Å². The second-order valence-corrected chi connectivity index (χ2v) is 6.88. The van der Waals surface area contributed by atoms with E-state index in [0.29, 0.717) is 25.4 Å². The molecule has 3 heterocycles. The highest BCUT2D eigenvalue weighted by Crippen LogP contribution is 2.34. The lowest BCUT2D eigenvalue weighted by Gasteiger charge is -2.23. The number of nitrogens with zero attached hydrogens (tertiary/aromatic N) is 2. The molecule has 1 aromatic rings. The number of aromatic nitrogens is 2. The molecule has 3 fully saturated rings. The van der Waals surface area contributed by atoms with Crippen LogP contribution in [0.15, 0.2) is 6.20 Å². The molecule has 0 bridgehead atoms. The Bertz CT molecular complexity index is 575. The Kier molecular flexibility index (Phi) is 3.39. The minimum atomic E-state index is 0.0676. The molecule has 2 atom stereocenters. The van der Waals surface area contributed by atoms with Crippen molar-refractivity contribution in [1.82, 2.24) is 20.4 Å². The van der Waals surface area contributed by atoms with E-state index >= 15 is 0 Å². The molecule has 4 rings (SSSR count). The number of likely N-dealkylation sites (tertiary alicyclic amines) is 1. The quantitative estimate of drug-likeness (QED) is 0.867.